The molecule has 2 aromatic carbocycles. The van der Waals surface area contributed by atoms with Crippen LogP contribution in [0, 0.1) is 0 Å². The van der Waals surface area contributed by atoms with Crippen molar-refractivity contribution in [2.24, 2.45) is 0 Å². The molecule has 0 spiro atoms. The third-order valence-electron chi connectivity index (χ3n) is 4.12. The number of fused-ring (bicyclic) bond motifs is 2. The molecule has 4 rings (SSSR count). The van der Waals surface area contributed by atoms with E-state index in [1.807, 2.05) is 65.4 Å². The number of carbonyl (C=O) groups is 1. The minimum atomic E-state index is 0.00691. The van der Waals surface area contributed by atoms with Crippen molar-refractivity contribution in [1.29, 1.82) is 0 Å². The summed E-state index contributed by atoms with van der Waals surface area (Å²) >= 11 is 0. The van der Waals surface area contributed by atoms with E-state index in [0.29, 0.717) is 19.5 Å². The van der Waals surface area contributed by atoms with Crippen molar-refractivity contribution < 1.29 is 4.79 Å². The van der Waals surface area contributed by atoms with Gasteiger partial charge in [0.2, 0.25) is 5.91 Å². The summed E-state index contributed by atoms with van der Waals surface area (Å²) in [5.41, 5.74) is 3.06. The molecule has 0 bridgehead atoms. The minimum absolute atomic E-state index is 0.00691. The standard InChI is InChI=1S/C19H18N4O/c24-19(13-23-12-10-14-5-1-4-8-17(14)23)20-11-9-18-21-15-6-2-3-7-16(15)22-18/h1-8,10,12H,9,11,13H2,(H,20,24)(H,21,22). The summed E-state index contributed by atoms with van der Waals surface area (Å²) in [5, 5.41) is 4.10. The van der Waals surface area contributed by atoms with Crippen molar-refractivity contribution in [3.63, 3.8) is 0 Å². The van der Waals surface area contributed by atoms with Gasteiger partial charge in [-0.25, -0.2) is 4.98 Å². The molecular formula is C19H18N4O. The number of rotatable bonds is 5. The van der Waals surface area contributed by atoms with E-state index >= 15 is 0 Å². The second kappa shape index (κ2) is 6.20. The zero-order chi connectivity index (χ0) is 16.4. The molecule has 24 heavy (non-hydrogen) atoms. The van der Waals surface area contributed by atoms with Gasteiger partial charge in [0.1, 0.15) is 12.4 Å². The fraction of sp³-hybridized carbons (Fsp3) is 0.158. The molecule has 0 unspecified atom stereocenters. The lowest BCUT2D eigenvalue weighted by molar-refractivity contribution is -0.121. The van der Waals surface area contributed by atoms with Gasteiger partial charge in [-0.3, -0.25) is 4.79 Å². The van der Waals surface area contributed by atoms with Gasteiger partial charge in [-0.05, 0) is 29.7 Å². The Hall–Kier alpha value is -3.08. The van der Waals surface area contributed by atoms with E-state index in [0.717, 1.165) is 27.8 Å². The highest BCUT2D eigenvalue weighted by Crippen LogP contribution is 2.14. The number of H-pyrrole nitrogens is 1. The first kappa shape index (κ1) is 14.5. The van der Waals surface area contributed by atoms with Crippen LogP contribution in [0.4, 0.5) is 0 Å². The Morgan fingerprint density at radius 1 is 1.08 bits per heavy atom. The molecule has 2 heterocycles. The summed E-state index contributed by atoms with van der Waals surface area (Å²) in [5.74, 6) is 0.898. The topological polar surface area (TPSA) is 62.7 Å². The van der Waals surface area contributed by atoms with Crippen molar-refractivity contribution in [3.05, 3.63) is 66.6 Å². The first-order valence-corrected chi connectivity index (χ1v) is 8.04. The van der Waals surface area contributed by atoms with Crippen LogP contribution in [0.5, 0.6) is 0 Å². The second-order valence-electron chi connectivity index (χ2n) is 5.80. The Morgan fingerprint density at radius 2 is 1.92 bits per heavy atom. The normalized spacial score (nSPS) is 11.2. The molecule has 4 aromatic rings. The fourth-order valence-electron chi connectivity index (χ4n) is 2.93. The molecule has 2 N–H and O–H groups in total. The van der Waals surface area contributed by atoms with Gasteiger partial charge in [0, 0.05) is 24.7 Å². The molecule has 0 atom stereocenters. The smallest absolute Gasteiger partial charge is 0.239 e. The zero-order valence-corrected chi connectivity index (χ0v) is 13.2. The highest BCUT2D eigenvalue weighted by molar-refractivity contribution is 5.83. The van der Waals surface area contributed by atoms with Crippen molar-refractivity contribution in [2.45, 2.75) is 13.0 Å². The maximum Gasteiger partial charge on any atom is 0.239 e. The van der Waals surface area contributed by atoms with E-state index in [1.165, 1.54) is 0 Å². The van der Waals surface area contributed by atoms with E-state index in [2.05, 4.69) is 15.3 Å². The van der Waals surface area contributed by atoms with Crippen LogP contribution in [0.2, 0.25) is 0 Å². The van der Waals surface area contributed by atoms with Crippen LogP contribution in [0.15, 0.2) is 60.8 Å². The van der Waals surface area contributed by atoms with Gasteiger partial charge in [-0.1, -0.05) is 30.3 Å². The monoisotopic (exact) mass is 318 g/mol. The fourth-order valence-corrected chi connectivity index (χ4v) is 2.93. The van der Waals surface area contributed by atoms with Gasteiger partial charge in [-0.15, -0.1) is 0 Å². The zero-order valence-electron chi connectivity index (χ0n) is 13.2. The van der Waals surface area contributed by atoms with Crippen LogP contribution in [-0.4, -0.2) is 27.0 Å². The van der Waals surface area contributed by atoms with Gasteiger partial charge < -0.3 is 14.9 Å². The molecule has 5 heteroatoms. The van der Waals surface area contributed by atoms with Crippen LogP contribution in [0.25, 0.3) is 21.9 Å². The molecule has 0 aliphatic rings. The van der Waals surface area contributed by atoms with Crippen LogP contribution >= 0.6 is 0 Å². The number of hydrogen-bond acceptors (Lipinski definition) is 2. The molecule has 5 nitrogen and oxygen atoms in total. The van der Waals surface area contributed by atoms with Crippen molar-refractivity contribution in [1.82, 2.24) is 19.9 Å². The van der Waals surface area contributed by atoms with E-state index in [1.54, 1.807) is 0 Å². The van der Waals surface area contributed by atoms with E-state index in [-0.39, 0.29) is 5.91 Å². The average molecular weight is 318 g/mol. The molecule has 2 aromatic heterocycles. The van der Waals surface area contributed by atoms with Crippen LogP contribution in [0.3, 0.4) is 0 Å². The summed E-state index contributed by atoms with van der Waals surface area (Å²) < 4.78 is 1.96. The molecule has 0 aliphatic heterocycles. The van der Waals surface area contributed by atoms with E-state index in [9.17, 15) is 4.79 Å². The summed E-state index contributed by atoms with van der Waals surface area (Å²) in [6.45, 7) is 0.894. The van der Waals surface area contributed by atoms with Gasteiger partial charge >= 0.3 is 0 Å². The van der Waals surface area contributed by atoms with Gasteiger partial charge in [0.05, 0.1) is 11.0 Å². The first-order valence-electron chi connectivity index (χ1n) is 8.04. The summed E-state index contributed by atoms with van der Waals surface area (Å²) in [7, 11) is 0. The Kier molecular flexibility index (Phi) is 3.75. The van der Waals surface area contributed by atoms with Gasteiger partial charge in [0.25, 0.3) is 0 Å². The van der Waals surface area contributed by atoms with E-state index < -0.39 is 0 Å². The number of carbonyl (C=O) groups excluding carboxylic acids is 1. The number of amides is 1. The number of aromatic amines is 1. The average Bonchev–Trinajstić information content (AvgIpc) is 3.19. The van der Waals surface area contributed by atoms with Crippen LogP contribution < -0.4 is 5.32 Å². The number of imidazole rings is 1. The lowest BCUT2D eigenvalue weighted by Gasteiger charge is -2.06. The summed E-state index contributed by atoms with van der Waals surface area (Å²) in [4.78, 5) is 19.9. The number of para-hydroxylation sites is 3. The maximum atomic E-state index is 12.2. The molecule has 0 saturated carbocycles. The number of nitrogens with one attached hydrogen (secondary N) is 2. The Balaban J connectivity index is 1.35. The van der Waals surface area contributed by atoms with Gasteiger partial charge in [0.15, 0.2) is 0 Å². The quantitative estimate of drug-likeness (QED) is 0.594. The Bertz CT molecular complexity index is 966. The van der Waals surface area contributed by atoms with Crippen molar-refractivity contribution in [2.75, 3.05) is 6.54 Å². The summed E-state index contributed by atoms with van der Waals surface area (Å²) in [6.07, 6.45) is 2.64. The predicted molar refractivity (Wildman–Crippen MR) is 94.7 cm³/mol. The largest absolute Gasteiger partial charge is 0.354 e. The van der Waals surface area contributed by atoms with Crippen molar-refractivity contribution in [3.8, 4) is 0 Å². The Labute approximate surface area is 139 Å². The highest BCUT2D eigenvalue weighted by Gasteiger charge is 2.07. The summed E-state index contributed by atoms with van der Waals surface area (Å²) in [6, 6.07) is 18.0. The number of benzene rings is 2. The second-order valence-corrected chi connectivity index (χ2v) is 5.80. The molecule has 1 amide bonds. The van der Waals surface area contributed by atoms with Crippen molar-refractivity contribution >= 4 is 27.8 Å². The Morgan fingerprint density at radius 3 is 2.83 bits per heavy atom. The SMILES string of the molecule is O=C(Cn1ccc2ccccc21)NCCc1nc2ccccc2[nH]1. The minimum Gasteiger partial charge on any atom is -0.354 e. The van der Waals surface area contributed by atoms with E-state index in [4.69, 9.17) is 0 Å². The lowest BCUT2D eigenvalue weighted by atomic mass is 10.2. The third kappa shape index (κ3) is 2.88. The predicted octanol–water partition coefficient (Wildman–Crippen LogP) is 2.88. The molecule has 0 radical (unpaired) electrons. The van der Waals surface area contributed by atoms with Crippen LogP contribution in [0.1, 0.15) is 5.82 Å². The third-order valence-corrected chi connectivity index (χ3v) is 4.12. The molecule has 120 valence electrons. The molecular weight excluding hydrogens is 300 g/mol. The lowest BCUT2D eigenvalue weighted by Crippen LogP contribution is -2.29. The number of hydrogen-bond donors (Lipinski definition) is 2. The van der Waals surface area contributed by atoms with Gasteiger partial charge in [-0.2, -0.15) is 0 Å². The molecule has 0 aliphatic carbocycles. The molecule has 0 fully saturated rings. The van der Waals surface area contributed by atoms with Crippen LogP contribution in [-0.2, 0) is 17.8 Å². The maximum absolute atomic E-state index is 12.2. The molecule has 0 saturated heterocycles. The number of nitrogens with zero attached hydrogens (tertiary/aromatic N) is 2. The first-order chi connectivity index (χ1) is 11.8. The highest BCUT2D eigenvalue weighted by atomic mass is 16.1. The number of aromatic nitrogens is 3.